The van der Waals surface area contributed by atoms with Gasteiger partial charge in [-0.15, -0.1) is 0 Å². The van der Waals surface area contributed by atoms with Crippen LogP contribution in [0.3, 0.4) is 0 Å². The van der Waals surface area contributed by atoms with Gasteiger partial charge >= 0.3 is 0 Å². The van der Waals surface area contributed by atoms with Crippen molar-refractivity contribution in [2.24, 2.45) is 0 Å². The molecular formula is C18H22N2O3. The SMILES string of the molecule is C[C@@H]1CO[C@@H](c2ccccc2)CN1CC(=O)NCc1ccco1. The number of hydrogen-bond donors (Lipinski definition) is 1. The molecule has 3 rings (SSSR count). The summed E-state index contributed by atoms with van der Waals surface area (Å²) in [5.74, 6) is 0.762. The van der Waals surface area contributed by atoms with E-state index in [1.165, 1.54) is 0 Å². The molecule has 0 radical (unpaired) electrons. The van der Waals surface area contributed by atoms with Gasteiger partial charge in [-0.05, 0) is 24.6 Å². The number of amides is 1. The molecule has 0 saturated carbocycles. The molecule has 23 heavy (non-hydrogen) atoms. The highest BCUT2D eigenvalue weighted by Crippen LogP contribution is 2.24. The zero-order chi connectivity index (χ0) is 16.1. The molecule has 1 aromatic carbocycles. The van der Waals surface area contributed by atoms with E-state index in [2.05, 4.69) is 29.3 Å². The molecule has 1 amide bonds. The van der Waals surface area contributed by atoms with E-state index in [4.69, 9.17) is 9.15 Å². The second kappa shape index (κ2) is 7.44. The number of nitrogens with zero attached hydrogens (tertiary/aromatic N) is 1. The number of carbonyl (C=O) groups is 1. The van der Waals surface area contributed by atoms with E-state index in [0.717, 1.165) is 17.9 Å². The van der Waals surface area contributed by atoms with E-state index in [1.54, 1.807) is 6.26 Å². The van der Waals surface area contributed by atoms with Gasteiger partial charge in [-0.2, -0.15) is 0 Å². The maximum absolute atomic E-state index is 12.2. The Morgan fingerprint density at radius 1 is 1.26 bits per heavy atom. The van der Waals surface area contributed by atoms with Crippen LogP contribution >= 0.6 is 0 Å². The first-order valence-corrected chi connectivity index (χ1v) is 7.92. The average molecular weight is 314 g/mol. The van der Waals surface area contributed by atoms with Crippen molar-refractivity contribution in [2.45, 2.75) is 25.6 Å². The number of benzene rings is 1. The smallest absolute Gasteiger partial charge is 0.234 e. The standard InChI is InChI=1S/C18H22N2O3/c1-14-13-23-17(15-6-3-2-4-7-15)11-20(14)12-18(21)19-10-16-8-5-9-22-16/h2-9,14,17H,10-13H2,1H3,(H,19,21)/t14-,17-/m1/s1. The molecule has 1 aromatic heterocycles. The highest BCUT2D eigenvalue weighted by molar-refractivity contribution is 5.78. The van der Waals surface area contributed by atoms with Crippen molar-refractivity contribution in [1.82, 2.24) is 10.2 Å². The van der Waals surface area contributed by atoms with Crippen LogP contribution in [0.5, 0.6) is 0 Å². The highest BCUT2D eigenvalue weighted by Gasteiger charge is 2.28. The third-order valence-corrected chi connectivity index (χ3v) is 4.12. The van der Waals surface area contributed by atoms with Crippen molar-refractivity contribution >= 4 is 5.91 Å². The number of carbonyl (C=O) groups excluding carboxylic acids is 1. The van der Waals surface area contributed by atoms with Crippen molar-refractivity contribution in [3.8, 4) is 0 Å². The lowest BCUT2D eigenvalue weighted by molar-refractivity contribution is -0.126. The first-order chi connectivity index (χ1) is 11.2. The molecule has 1 fully saturated rings. The van der Waals surface area contributed by atoms with Crippen LogP contribution in [0.2, 0.25) is 0 Å². The van der Waals surface area contributed by atoms with Crippen LogP contribution in [-0.2, 0) is 16.1 Å². The highest BCUT2D eigenvalue weighted by atomic mass is 16.5. The van der Waals surface area contributed by atoms with E-state index in [-0.39, 0.29) is 18.1 Å². The molecule has 2 atom stereocenters. The van der Waals surface area contributed by atoms with E-state index in [1.807, 2.05) is 30.3 Å². The molecule has 0 aliphatic carbocycles. The van der Waals surface area contributed by atoms with Gasteiger partial charge in [0.25, 0.3) is 0 Å². The van der Waals surface area contributed by atoms with Crippen LogP contribution < -0.4 is 5.32 Å². The summed E-state index contributed by atoms with van der Waals surface area (Å²) in [4.78, 5) is 14.3. The van der Waals surface area contributed by atoms with Gasteiger partial charge in [-0.3, -0.25) is 9.69 Å². The minimum atomic E-state index is 0.00182. The molecule has 1 aliphatic rings. The first kappa shape index (κ1) is 15.8. The van der Waals surface area contributed by atoms with Crippen LogP contribution in [0.15, 0.2) is 53.1 Å². The Balaban J connectivity index is 1.54. The molecule has 5 nitrogen and oxygen atoms in total. The monoisotopic (exact) mass is 314 g/mol. The second-order valence-electron chi connectivity index (χ2n) is 5.87. The molecule has 1 aliphatic heterocycles. The van der Waals surface area contributed by atoms with Crippen LogP contribution in [0.4, 0.5) is 0 Å². The quantitative estimate of drug-likeness (QED) is 0.920. The summed E-state index contributed by atoms with van der Waals surface area (Å²) in [6.07, 6.45) is 1.63. The van der Waals surface area contributed by atoms with Gasteiger partial charge in [0.15, 0.2) is 0 Å². The molecule has 5 heteroatoms. The van der Waals surface area contributed by atoms with E-state index in [9.17, 15) is 4.79 Å². The van der Waals surface area contributed by atoms with Crippen molar-refractivity contribution in [1.29, 1.82) is 0 Å². The maximum atomic E-state index is 12.2. The second-order valence-corrected chi connectivity index (χ2v) is 5.87. The summed E-state index contributed by atoms with van der Waals surface area (Å²) in [5.41, 5.74) is 1.15. The largest absolute Gasteiger partial charge is 0.467 e. The molecule has 2 heterocycles. The third kappa shape index (κ3) is 4.21. The lowest BCUT2D eigenvalue weighted by Crippen LogP contribution is -2.49. The molecule has 122 valence electrons. The number of nitrogens with one attached hydrogen (secondary N) is 1. The number of morpholine rings is 1. The number of rotatable bonds is 5. The fourth-order valence-corrected chi connectivity index (χ4v) is 2.74. The van der Waals surface area contributed by atoms with Gasteiger partial charge in [0.05, 0.1) is 32.1 Å². The molecule has 0 unspecified atom stereocenters. The Morgan fingerprint density at radius 3 is 2.83 bits per heavy atom. The van der Waals surface area contributed by atoms with Crippen molar-refractivity contribution in [2.75, 3.05) is 19.7 Å². The van der Waals surface area contributed by atoms with Gasteiger partial charge in [-0.1, -0.05) is 30.3 Å². The van der Waals surface area contributed by atoms with Crippen LogP contribution in [0, 0.1) is 0 Å². The summed E-state index contributed by atoms with van der Waals surface area (Å²) in [6, 6.07) is 14.0. The maximum Gasteiger partial charge on any atom is 0.234 e. The Labute approximate surface area is 136 Å². The predicted octanol–water partition coefficient (Wildman–Crippen LogP) is 2.36. The minimum Gasteiger partial charge on any atom is -0.467 e. The third-order valence-electron chi connectivity index (χ3n) is 4.12. The topological polar surface area (TPSA) is 54.7 Å². The number of ether oxygens (including phenoxy) is 1. The minimum absolute atomic E-state index is 0.00182. The zero-order valence-electron chi connectivity index (χ0n) is 13.3. The average Bonchev–Trinajstić information content (AvgIpc) is 3.09. The molecular weight excluding hydrogens is 292 g/mol. The van der Waals surface area contributed by atoms with Crippen molar-refractivity contribution in [3.05, 3.63) is 60.1 Å². The Hall–Kier alpha value is -2.11. The first-order valence-electron chi connectivity index (χ1n) is 7.92. The van der Waals surface area contributed by atoms with Gasteiger partial charge in [0.2, 0.25) is 5.91 Å². The summed E-state index contributed by atoms with van der Waals surface area (Å²) in [5, 5.41) is 2.89. The van der Waals surface area contributed by atoms with Crippen LogP contribution in [-0.4, -0.2) is 36.5 Å². The summed E-state index contributed by atoms with van der Waals surface area (Å²) >= 11 is 0. The summed E-state index contributed by atoms with van der Waals surface area (Å²) in [6.45, 7) is 4.23. The fourth-order valence-electron chi connectivity index (χ4n) is 2.74. The van der Waals surface area contributed by atoms with Crippen molar-refractivity contribution in [3.63, 3.8) is 0 Å². The van der Waals surface area contributed by atoms with Crippen LogP contribution in [0.1, 0.15) is 24.4 Å². The van der Waals surface area contributed by atoms with Gasteiger partial charge in [-0.25, -0.2) is 0 Å². The summed E-state index contributed by atoms with van der Waals surface area (Å²) in [7, 11) is 0. The Bertz CT molecular complexity index is 612. The van der Waals surface area contributed by atoms with Gasteiger partial charge in [0, 0.05) is 12.6 Å². The lowest BCUT2D eigenvalue weighted by atomic mass is 10.1. The fraction of sp³-hybridized carbons (Fsp3) is 0.389. The predicted molar refractivity (Wildman–Crippen MR) is 86.7 cm³/mol. The molecule has 1 N–H and O–H groups in total. The molecule has 0 bridgehead atoms. The van der Waals surface area contributed by atoms with Gasteiger partial charge < -0.3 is 14.5 Å². The molecule has 0 spiro atoms. The van der Waals surface area contributed by atoms with Crippen molar-refractivity contribution < 1.29 is 13.9 Å². The Morgan fingerprint density at radius 2 is 2.09 bits per heavy atom. The number of furan rings is 1. The molecule has 1 saturated heterocycles. The summed E-state index contributed by atoms with van der Waals surface area (Å²) < 4.78 is 11.1. The van der Waals surface area contributed by atoms with Crippen LogP contribution in [0.25, 0.3) is 0 Å². The van der Waals surface area contributed by atoms with E-state index < -0.39 is 0 Å². The molecule has 2 aromatic rings. The van der Waals surface area contributed by atoms with E-state index >= 15 is 0 Å². The zero-order valence-corrected chi connectivity index (χ0v) is 13.3. The lowest BCUT2D eigenvalue weighted by Gasteiger charge is -2.37. The number of hydrogen-bond acceptors (Lipinski definition) is 4. The normalized spacial score (nSPS) is 22.0. The Kier molecular flexibility index (Phi) is 5.10. The van der Waals surface area contributed by atoms with E-state index in [0.29, 0.717) is 19.7 Å². The van der Waals surface area contributed by atoms with Gasteiger partial charge in [0.1, 0.15) is 5.76 Å².